The SMILES string of the molecule is COc1cccc2ccc(CNc3cncnc3)nc12. The molecule has 3 rings (SSSR count). The van der Waals surface area contributed by atoms with E-state index in [-0.39, 0.29) is 0 Å². The van der Waals surface area contributed by atoms with Gasteiger partial charge in [-0.1, -0.05) is 18.2 Å². The Morgan fingerprint density at radius 1 is 1.10 bits per heavy atom. The van der Waals surface area contributed by atoms with Crippen LogP contribution in [0.1, 0.15) is 5.69 Å². The molecule has 0 saturated heterocycles. The maximum Gasteiger partial charge on any atom is 0.145 e. The normalized spacial score (nSPS) is 10.4. The zero-order valence-electron chi connectivity index (χ0n) is 11.1. The summed E-state index contributed by atoms with van der Waals surface area (Å²) >= 11 is 0. The van der Waals surface area contributed by atoms with Crippen LogP contribution in [0.2, 0.25) is 0 Å². The molecule has 2 heterocycles. The molecule has 3 aromatic rings. The number of benzene rings is 1. The van der Waals surface area contributed by atoms with Gasteiger partial charge in [-0.3, -0.25) is 0 Å². The lowest BCUT2D eigenvalue weighted by Gasteiger charge is -2.08. The van der Waals surface area contributed by atoms with Gasteiger partial charge >= 0.3 is 0 Å². The van der Waals surface area contributed by atoms with E-state index in [1.165, 1.54) is 6.33 Å². The Balaban J connectivity index is 1.85. The summed E-state index contributed by atoms with van der Waals surface area (Å²) in [7, 11) is 1.66. The second-order valence-corrected chi connectivity index (χ2v) is 4.32. The van der Waals surface area contributed by atoms with Crippen LogP contribution < -0.4 is 10.1 Å². The summed E-state index contributed by atoms with van der Waals surface area (Å²) in [6, 6.07) is 9.94. The predicted octanol–water partition coefficient (Wildman–Crippen LogP) is 2.65. The minimum Gasteiger partial charge on any atom is -0.494 e. The Hall–Kier alpha value is -2.69. The van der Waals surface area contributed by atoms with Crippen molar-refractivity contribution in [2.75, 3.05) is 12.4 Å². The van der Waals surface area contributed by atoms with Crippen molar-refractivity contribution in [3.05, 3.63) is 54.7 Å². The average molecular weight is 266 g/mol. The van der Waals surface area contributed by atoms with Crippen LogP contribution in [-0.2, 0) is 6.54 Å². The van der Waals surface area contributed by atoms with Crippen LogP contribution >= 0.6 is 0 Å². The van der Waals surface area contributed by atoms with Gasteiger partial charge in [-0.05, 0) is 12.1 Å². The zero-order valence-corrected chi connectivity index (χ0v) is 11.1. The molecule has 0 saturated carbocycles. The molecule has 0 aliphatic heterocycles. The molecule has 0 aliphatic carbocycles. The Bertz CT molecular complexity index is 715. The Morgan fingerprint density at radius 2 is 1.95 bits per heavy atom. The van der Waals surface area contributed by atoms with Gasteiger partial charge in [-0.2, -0.15) is 0 Å². The fourth-order valence-corrected chi connectivity index (χ4v) is 2.01. The largest absolute Gasteiger partial charge is 0.494 e. The molecule has 5 nitrogen and oxygen atoms in total. The minimum absolute atomic E-state index is 0.612. The molecule has 0 fully saturated rings. The second-order valence-electron chi connectivity index (χ2n) is 4.32. The Kier molecular flexibility index (Phi) is 3.41. The number of para-hydroxylation sites is 1. The quantitative estimate of drug-likeness (QED) is 0.786. The number of pyridine rings is 1. The molecular weight excluding hydrogens is 252 g/mol. The van der Waals surface area contributed by atoms with Gasteiger partial charge in [0.2, 0.25) is 0 Å². The first-order valence-corrected chi connectivity index (χ1v) is 6.28. The van der Waals surface area contributed by atoms with Crippen LogP contribution in [-0.4, -0.2) is 22.1 Å². The minimum atomic E-state index is 0.612. The highest BCUT2D eigenvalue weighted by Crippen LogP contribution is 2.23. The fourth-order valence-electron chi connectivity index (χ4n) is 2.01. The van der Waals surface area contributed by atoms with Crippen molar-refractivity contribution in [1.82, 2.24) is 15.0 Å². The van der Waals surface area contributed by atoms with Gasteiger partial charge in [0, 0.05) is 5.39 Å². The first-order valence-electron chi connectivity index (χ1n) is 6.28. The number of rotatable bonds is 4. The zero-order chi connectivity index (χ0) is 13.8. The van der Waals surface area contributed by atoms with Gasteiger partial charge in [-0.25, -0.2) is 15.0 Å². The Morgan fingerprint density at radius 3 is 2.75 bits per heavy atom. The molecule has 0 atom stereocenters. The number of anilines is 1. The molecule has 0 radical (unpaired) electrons. The first kappa shape index (κ1) is 12.3. The molecule has 2 aromatic heterocycles. The molecule has 100 valence electrons. The van der Waals surface area contributed by atoms with E-state index < -0.39 is 0 Å². The number of nitrogens with zero attached hydrogens (tertiary/aromatic N) is 3. The highest BCUT2D eigenvalue weighted by Gasteiger charge is 2.04. The lowest BCUT2D eigenvalue weighted by atomic mass is 10.2. The number of nitrogens with one attached hydrogen (secondary N) is 1. The van der Waals surface area contributed by atoms with Gasteiger partial charge in [-0.15, -0.1) is 0 Å². The summed E-state index contributed by atoms with van der Waals surface area (Å²) in [5.41, 5.74) is 2.68. The fraction of sp³-hybridized carbons (Fsp3) is 0.133. The lowest BCUT2D eigenvalue weighted by molar-refractivity contribution is 0.419. The van der Waals surface area contributed by atoms with Crippen LogP contribution in [0.3, 0.4) is 0 Å². The summed E-state index contributed by atoms with van der Waals surface area (Å²) in [4.78, 5) is 12.6. The van der Waals surface area contributed by atoms with Crippen molar-refractivity contribution in [3.63, 3.8) is 0 Å². The number of methoxy groups -OCH3 is 1. The van der Waals surface area contributed by atoms with Crippen LogP contribution in [0.5, 0.6) is 5.75 Å². The van der Waals surface area contributed by atoms with Crippen molar-refractivity contribution in [1.29, 1.82) is 0 Å². The van der Waals surface area contributed by atoms with E-state index in [1.54, 1.807) is 19.5 Å². The van der Waals surface area contributed by atoms with E-state index in [0.717, 1.165) is 28.0 Å². The number of hydrogen-bond acceptors (Lipinski definition) is 5. The molecule has 1 N–H and O–H groups in total. The smallest absolute Gasteiger partial charge is 0.145 e. The summed E-state index contributed by atoms with van der Waals surface area (Å²) in [6.45, 7) is 0.612. The molecular formula is C15H14N4O. The monoisotopic (exact) mass is 266 g/mol. The van der Waals surface area contributed by atoms with Crippen molar-refractivity contribution in [3.8, 4) is 5.75 Å². The average Bonchev–Trinajstić information content (AvgIpc) is 2.53. The molecule has 0 aliphatic rings. The number of ether oxygens (including phenoxy) is 1. The second kappa shape index (κ2) is 5.52. The van der Waals surface area contributed by atoms with Gasteiger partial charge in [0.25, 0.3) is 0 Å². The van der Waals surface area contributed by atoms with Crippen LogP contribution in [0.25, 0.3) is 10.9 Å². The third-order valence-electron chi connectivity index (χ3n) is 3.00. The van der Waals surface area contributed by atoms with Crippen molar-refractivity contribution < 1.29 is 4.74 Å². The van der Waals surface area contributed by atoms with Crippen molar-refractivity contribution >= 4 is 16.6 Å². The number of fused-ring (bicyclic) bond motifs is 1. The summed E-state index contributed by atoms with van der Waals surface area (Å²) in [5.74, 6) is 0.785. The molecule has 5 heteroatoms. The van der Waals surface area contributed by atoms with Gasteiger partial charge < -0.3 is 10.1 Å². The standard InChI is InChI=1S/C15H14N4O/c1-20-14-4-2-3-11-5-6-12(19-15(11)14)9-18-13-7-16-10-17-8-13/h2-8,10,18H,9H2,1H3. The van der Waals surface area contributed by atoms with E-state index >= 15 is 0 Å². The topological polar surface area (TPSA) is 59.9 Å². The lowest BCUT2D eigenvalue weighted by Crippen LogP contribution is -2.02. The van der Waals surface area contributed by atoms with Crippen LogP contribution in [0.15, 0.2) is 49.1 Å². The molecule has 0 spiro atoms. The van der Waals surface area contributed by atoms with E-state index in [9.17, 15) is 0 Å². The molecule has 0 bridgehead atoms. The van der Waals surface area contributed by atoms with Crippen LogP contribution in [0.4, 0.5) is 5.69 Å². The van der Waals surface area contributed by atoms with Crippen molar-refractivity contribution in [2.45, 2.75) is 6.54 Å². The van der Waals surface area contributed by atoms with Crippen molar-refractivity contribution in [2.24, 2.45) is 0 Å². The maximum absolute atomic E-state index is 5.34. The first-order chi connectivity index (χ1) is 9.86. The van der Waals surface area contributed by atoms with E-state index in [2.05, 4.69) is 20.3 Å². The summed E-state index contributed by atoms with van der Waals surface area (Å²) in [6.07, 6.45) is 4.97. The third-order valence-corrected chi connectivity index (χ3v) is 3.00. The van der Waals surface area contributed by atoms with Gasteiger partial charge in [0.05, 0.1) is 37.4 Å². The van der Waals surface area contributed by atoms with E-state index in [1.807, 2.05) is 30.3 Å². The molecule has 1 aromatic carbocycles. The summed E-state index contributed by atoms with van der Waals surface area (Å²) < 4.78 is 5.34. The van der Waals surface area contributed by atoms with Gasteiger partial charge in [0.1, 0.15) is 17.6 Å². The molecule has 0 unspecified atom stereocenters. The Labute approximate surface area is 116 Å². The van der Waals surface area contributed by atoms with E-state index in [4.69, 9.17) is 4.74 Å². The highest BCUT2D eigenvalue weighted by atomic mass is 16.5. The highest BCUT2D eigenvalue weighted by molar-refractivity contribution is 5.84. The van der Waals surface area contributed by atoms with E-state index in [0.29, 0.717) is 6.54 Å². The number of aromatic nitrogens is 3. The molecule has 20 heavy (non-hydrogen) atoms. The summed E-state index contributed by atoms with van der Waals surface area (Å²) in [5, 5.41) is 4.30. The van der Waals surface area contributed by atoms with Gasteiger partial charge in [0.15, 0.2) is 0 Å². The maximum atomic E-state index is 5.34. The predicted molar refractivity (Wildman–Crippen MR) is 77.7 cm³/mol. The van der Waals surface area contributed by atoms with Crippen LogP contribution in [0, 0.1) is 0 Å². The third kappa shape index (κ3) is 2.51. The number of hydrogen-bond donors (Lipinski definition) is 1. The molecule has 0 amide bonds.